The van der Waals surface area contributed by atoms with Gasteiger partial charge in [-0.1, -0.05) is 30.0 Å². The van der Waals surface area contributed by atoms with Crippen LogP contribution in [0.5, 0.6) is 0 Å². The summed E-state index contributed by atoms with van der Waals surface area (Å²) in [6.07, 6.45) is 0.170. The number of carbonyl (C=O) groups excluding carboxylic acids is 2. The summed E-state index contributed by atoms with van der Waals surface area (Å²) in [5.41, 5.74) is 5.94. The molecule has 1 aromatic carbocycles. The largest absolute Gasteiger partial charge is 0.416 e. The maximum atomic E-state index is 13.6. The lowest BCUT2D eigenvalue weighted by molar-refractivity contribution is -0.113. The Balaban J connectivity index is 1.54. The van der Waals surface area contributed by atoms with Crippen LogP contribution in [-0.2, 0) is 11.2 Å². The number of benzene rings is 1. The molecule has 0 aliphatic carbocycles. The minimum atomic E-state index is -0.608. The van der Waals surface area contributed by atoms with Crippen molar-refractivity contribution in [3.05, 3.63) is 58.5 Å². The molecule has 2 amide bonds. The minimum absolute atomic E-state index is 0.0113. The van der Waals surface area contributed by atoms with Gasteiger partial charge in [0.15, 0.2) is 0 Å². The summed E-state index contributed by atoms with van der Waals surface area (Å²) in [5.74, 6) is -1.03. The van der Waals surface area contributed by atoms with Gasteiger partial charge >= 0.3 is 0 Å². The van der Waals surface area contributed by atoms with Crippen LogP contribution in [0.4, 0.5) is 9.39 Å². The van der Waals surface area contributed by atoms with E-state index in [1.54, 1.807) is 29.6 Å². The van der Waals surface area contributed by atoms with E-state index in [1.807, 2.05) is 0 Å². The number of hydrogen-bond acceptors (Lipinski definition) is 7. The van der Waals surface area contributed by atoms with E-state index in [2.05, 4.69) is 15.5 Å². The number of carbonyl (C=O) groups is 2. The van der Waals surface area contributed by atoms with Gasteiger partial charge in [0.05, 0.1) is 17.7 Å². The van der Waals surface area contributed by atoms with E-state index in [4.69, 9.17) is 10.2 Å². The Labute approximate surface area is 155 Å². The molecule has 0 aliphatic heterocycles. The van der Waals surface area contributed by atoms with Crippen LogP contribution in [0.15, 0.2) is 45.4 Å². The molecule has 2 aromatic heterocycles. The van der Waals surface area contributed by atoms with Gasteiger partial charge < -0.3 is 15.5 Å². The topological polar surface area (TPSA) is 111 Å². The molecule has 0 radical (unpaired) electrons. The standard InChI is InChI=1S/C16H13FN4O3S2/c17-11-4-2-1-3-9(11)7-13-20-21-16(24-13)26-8-12(22)19-15-10(14(18)23)5-6-25-15/h1-6H,7-8H2,(H2,18,23)(H,19,22). The summed E-state index contributed by atoms with van der Waals surface area (Å²) < 4.78 is 19.0. The SMILES string of the molecule is NC(=O)c1ccsc1NC(=O)CSc1nnc(Cc2ccccc2F)o1. The van der Waals surface area contributed by atoms with E-state index in [9.17, 15) is 14.0 Å². The molecule has 10 heteroatoms. The number of primary amides is 1. The third kappa shape index (κ3) is 4.46. The highest BCUT2D eigenvalue weighted by Gasteiger charge is 2.15. The number of aromatic nitrogens is 2. The predicted octanol–water partition coefficient (Wildman–Crippen LogP) is 2.69. The Morgan fingerprint density at radius 3 is 2.85 bits per heavy atom. The summed E-state index contributed by atoms with van der Waals surface area (Å²) in [5, 5.41) is 12.6. The van der Waals surface area contributed by atoms with Gasteiger partial charge in [-0.3, -0.25) is 9.59 Å². The van der Waals surface area contributed by atoms with Crippen molar-refractivity contribution >= 4 is 39.9 Å². The van der Waals surface area contributed by atoms with Crippen molar-refractivity contribution in [1.29, 1.82) is 0 Å². The lowest BCUT2D eigenvalue weighted by Gasteiger charge is -2.02. The number of rotatable bonds is 7. The average molecular weight is 392 g/mol. The maximum absolute atomic E-state index is 13.6. The number of nitrogens with two attached hydrogens (primary N) is 1. The van der Waals surface area contributed by atoms with Crippen molar-refractivity contribution in [2.24, 2.45) is 5.73 Å². The Morgan fingerprint density at radius 1 is 1.27 bits per heavy atom. The molecule has 134 valence electrons. The molecule has 0 saturated carbocycles. The molecule has 0 unspecified atom stereocenters. The first kappa shape index (κ1) is 18.1. The van der Waals surface area contributed by atoms with E-state index in [-0.39, 0.29) is 40.6 Å². The third-order valence-electron chi connectivity index (χ3n) is 3.26. The zero-order valence-electron chi connectivity index (χ0n) is 13.3. The summed E-state index contributed by atoms with van der Waals surface area (Å²) in [6, 6.07) is 7.86. The molecule has 0 aliphatic rings. The molecule has 0 fully saturated rings. The Hall–Kier alpha value is -2.72. The number of anilines is 1. The molecular formula is C16H13FN4O3S2. The number of thiophene rings is 1. The molecule has 7 nitrogen and oxygen atoms in total. The van der Waals surface area contributed by atoms with Gasteiger partial charge in [-0.2, -0.15) is 0 Å². The fourth-order valence-electron chi connectivity index (χ4n) is 2.06. The van der Waals surface area contributed by atoms with Gasteiger partial charge in [-0.05, 0) is 23.1 Å². The molecule has 0 atom stereocenters. The number of nitrogens with one attached hydrogen (secondary N) is 1. The van der Waals surface area contributed by atoms with E-state index in [0.29, 0.717) is 10.6 Å². The van der Waals surface area contributed by atoms with Crippen molar-refractivity contribution in [3.63, 3.8) is 0 Å². The highest BCUT2D eigenvalue weighted by atomic mass is 32.2. The maximum Gasteiger partial charge on any atom is 0.277 e. The number of amides is 2. The van der Waals surface area contributed by atoms with Crippen molar-refractivity contribution in [1.82, 2.24) is 10.2 Å². The van der Waals surface area contributed by atoms with Crippen LogP contribution < -0.4 is 11.1 Å². The molecule has 0 spiro atoms. The number of hydrogen-bond donors (Lipinski definition) is 2. The van der Waals surface area contributed by atoms with Crippen LogP contribution in [0.1, 0.15) is 21.8 Å². The zero-order valence-corrected chi connectivity index (χ0v) is 14.9. The molecule has 0 bridgehead atoms. The van der Waals surface area contributed by atoms with Gasteiger partial charge in [0.1, 0.15) is 10.8 Å². The monoisotopic (exact) mass is 392 g/mol. The second-order valence-electron chi connectivity index (χ2n) is 5.09. The lowest BCUT2D eigenvalue weighted by atomic mass is 10.1. The highest BCUT2D eigenvalue weighted by Crippen LogP contribution is 2.24. The third-order valence-corrected chi connectivity index (χ3v) is 4.91. The molecule has 0 saturated heterocycles. The van der Waals surface area contributed by atoms with Gasteiger partial charge in [0.2, 0.25) is 11.8 Å². The number of nitrogens with zero attached hydrogens (tertiary/aromatic N) is 2. The first-order valence-corrected chi connectivity index (χ1v) is 9.25. The molecule has 3 N–H and O–H groups in total. The second kappa shape index (κ2) is 8.11. The van der Waals surface area contributed by atoms with Crippen molar-refractivity contribution in [2.45, 2.75) is 11.6 Å². The summed E-state index contributed by atoms with van der Waals surface area (Å²) >= 11 is 2.25. The first-order valence-electron chi connectivity index (χ1n) is 7.38. The second-order valence-corrected chi connectivity index (χ2v) is 6.94. The van der Waals surface area contributed by atoms with E-state index < -0.39 is 5.91 Å². The van der Waals surface area contributed by atoms with E-state index in [0.717, 1.165) is 11.8 Å². The molecule has 3 aromatic rings. The Kier molecular flexibility index (Phi) is 5.64. The number of halogens is 1. The highest BCUT2D eigenvalue weighted by molar-refractivity contribution is 7.99. The van der Waals surface area contributed by atoms with Crippen LogP contribution in [-0.4, -0.2) is 27.8 Å². The fourth-order valence-corrected chi connectivity index (χ4v) is 3.45. The molecule has 3 rings (SSSR count). The van der Waals surface area contributed by atoms with Crippen LogP contribution in [0.3, 0.4) is 0 Å². The smallest absolute Gasteiger partial charge is 0.277 e. The molecule has 26 heavy (non-hydrogen) atoms. The van der Waals surface area contributed by atoms with Crippen LogP contribution in [0, 0.1) is 5.82 Å². The molecular weight excluding hydrogens is 379 g/mol. The van der Waals surface area contributed by atoms with Gasteiger partial charge in [-0.25, -0.2) is 4.39 Å². The number of thioether (sulfide) groups is 1. The normalized spacial score (nSPS) is 10.7. The van der Waals surface area contributed by atoms with Crippen LogP contribution >= 0.6 is 23.1 Å². The Morgan fingerprint density at radius 2 is 2.08 bits per heavy atom. The van der Waals surface area contributed by atoms with Crippen molar-refractivity contribution in [2.75, 3.05) is 11.1 Å². The Bertz CT molecular complexity index is 941. The lowest BCUT2D eigenvalue weighted by Crippen LogP contribution is -2.17. The molecule has 2 heterocycles. The van der Waals surface area contributed by atoms with E-state index in [1.165, 1.54) is 17.4 Å². The van der Waals surface area contributed by atoms with Gasteiger partial charge in [0.25, 0.3) is 11.1 Å². The summed E-state index contributed by atoms with van der Waals surface area (Å²) in [6.45, 7) is 0. The van der Waals surface area contributed by atoms with Crippen LogP contribution in [0.2, 0.25) is 0 Å². The van der Waals surface area contributed by atoms with E-state index >= 15 is 0 Å². The summed E-state index contributed by atoms with van der Waals surface area (Å²) in [4.78, 5) is 23.2. The average Bonchev–Trinajstić information content (AvgIpc) is 3.24. The fraction of sp³-hybridized carbons (Fsp3) is 0.125. The van der Waals surface area contributed by atoms with Crippen molar-refractivity contribution in [3.8, 4) is 0 Å². The first-order chi connectivity index (χ1) is 12.5. The zero-order chi connectivity index (χ0) is 18.5. The van der Waals surface area contributed by atoms with Gasteiger partial charge in [0, 0.05) is 0 Å². The van der Waals surface area contributed by atoms with Crippen LogP contribution in [0.25, 0.3) is 0 Å². The predicted molar refractivity (Wildman–Crippen MR) is 95.7 cm³/mol. The van der Waals surface area contributed by atoms with Crippen molar-refractivity contribution < 1.29 is 18.4 Å². The quantitative estimate of drug-likeness (QED) is 0.598. The van der Waals surface area contributed by atoms with Gasteiger partial charge in [-0.15, -0.1) is 21.5 Å². The summed E-state index contributed by atoms with van der Waals surface area (Å²) in [7, 11) is 0. The minimum Gasteiger partial charge on any atom is -0.416 e.